The van der Waals surface area contributed by atoms with Crippen LogP contribution in [0.3, 0.4) is 0 Å². The molecule has 2 aromatic rings. The second kappa shape index (κ2) is 8.37. The highest BCUT2D eigenvalue weighted by atomic mass is 16.2. The zero-order valence-corrected chi connectivity index (χ0v) is 17.7. The van der Waals surface area contributed by atoms with Gasteiger partial charge in [0, 0.05) is 11.2 Å². The third-order valence-corrected chi connectivity index (χ3v) is 5.18. The summed E-state index contributed by atoms with van der Waals surface area (Å²) in [6, 6.07) is 15.7. The maximum atomic E-state index is 13.1. The monoisotopic (exact) mass is 393 g/mol. The number of nitrogens with two attached hydrogens (primary N) is 1. The molecule has 2 atom stereocenters. The van der Waals surface area contributed by atoms with Crippen LogP contribution in [0, 0.1) is 6.92 Å². The zero-order valence-electron chi connectivity index (χ0n) is 17.7. The van der Waals surface area contributed by atoms with E-state index >= 15 is 0 Å². The minimum atomic E-state index is -0.640. The Morgan fingerprint density at radius 3 is 2.52 bits per heavy atom. The van der Waals surface area contributed by atoms with Crippen LogP contribution in [0.1, 0.15) is 49.8 Å². The summed E-state index contributed by atoms with van der Waals surface area (Å²) in [7, 11) is 0. The Hall–Kier alpha value is -2.66. The molecule has 3 N–H and O–H groups in total. The number of amides is 2. The molecule has 2 unspecified atom stereocenters. The Bertz CT molecular complexity index is 887. The number of anilines is 1. The van der Waals surface area contributed by atoms with Gasteiger partial charge in [-0.05, 0) is 69.2 Å². The fourth-order valence-corrected chi connectivity index (χ4v) is 3.94. The predicted octanol–water partition coefficient (Wildman–Crippen LogP) is 3.30. The Kier molecular flexibility index (Phi) is 6.08. The predicted molar refractivity (Wildman–Crippen MR) is 117 cm³/mol. The first kappa shape index (κ1) is 21.1. The molecule has 3 rings (SSSR count). The van der Waals surface area contributed by atoms with Crippen LogP contribution in [-0.2, 0) is 16.0 Å². The average molecular weight is 394 g/mol. The molecule has 0 saturated heterocycles. The van der Waals surface area contributed by atoms with E-state index in [0.717, 1.165) is 23.2 Å². The first-order valence-corrected chi connectivity index (χ1v) is 10.2. The molecule has 29 heavy (non-hydrogen) atoms. The van der Waals surface area contributed by atoms with E-state index in [1.807, 2.05) is 52.0 Å². The zero-order chi connectivity index (χ0) is 21.2. The topological polar surface area (TPSA) is 75.4 Å². The molecule has 1 heterocycles. The second-order valence-corrected chi connectivity index (χ2v) is 9.01. The van der Waals surface area contributed by atoms with Gasteiger partial charge in [0.25, 0.3) is 0 Å². The van der Waals surface area contributed by atoms with E-state index in [0.29, 0.717) is 6.42 Å². The highest BCUT2D eigenvalue weighted by Crippen LogP contribution is 2.37. The van der Waals surface area contributed by atoms with Gasteiger partial charge < -0.3 is 16.0 Å². The van der Waals surface area contributed by atoms with E-state index in [1.54, 1.807) is 4.90 Å². The van der Waals surface area contributed by atoms with Crippen LogP contribution in [0.2, 0.25) is 0 Å². The summed E-state index contributed by atoms with van der Waals surface area (Å²) in [5.41, 5.74) is 10.1. The molecule has 2 amide bonds. The smallest absolute Gasteiger partial charge is 0.244 e. The number of aryl methyl sites for hydroxylation is 1. The van der Waals surface area contributed by atoms with E-state index in [1.165, 1.54) is 5.56 Å². The number of carbonyl (C=O) groups is 2. The van der Waals surface area contributed by atoms with Gasteiger partial charge in [-0.25, -0.2) is 0 Å². The summed E-state index contributed by atoms with van der Waals surface area (Å²) >= 11 is 0. The SMILES string of the molecule is Cc1ccc2c(c1)N(CC(=O)NC(C)(C)C)C(=O)C(N)CC2Cc1ccccc1. The van der Waals surface area contributed by atoms with Crippen molar-refractivity contribution in [2.45, 2.75) is 58.0 Å². The lowest BCUT2D eigenvalue weighted by molar-refractivity contribution is -0.125. The van der Waals surface area contributed by atoms with Crippen LogP contribution in [0.5, 0.6) is 0 Å². The number of benzene rings is 2. The Morgan fingerprint density at radius 2 is 1.86 bits per heavy atom. The van der Waals surface area contributed by atoms with Crippen molar-refractivity contribution in [3.63, 3.8) is 0 Å². The molecule has 5 nitrogen and oxygen atoms in total. The number of hydrogen-bond acceptors (Lipinski definition) is 3. The third kappa shape index (κ3) is 5.24. The summed E-state index contributed by atoms with van der Waals surface area (Å²) < 4.78 is 0. The Labute approximate surface area is 173 Å². The molecule has 154 valence electrons. The van der Waals surface area contributed by atoms with E-state index in [4.69, 9.17) is 5.73 Å². The van der Waals surface area contributed by atoms with Gasteiger partial charge in [-0.1, -0.05) is 42.5 Å². The summed E-state index contributed by atoms with van der Waals surface area (Å²) in [5, 5.41) is 2.95. The highest BCUT2D eigenvalue weighted by molar-refractivity contribution is 6.03. The van der Waals surface area contributed by atoms with Crippen molar-refractivity contribution in [2.24, 2.45) is 5.73 Å². The van der Waals surface area contributed by atoms with Crippen LogP contribution < -0.4 is 16.0 Å². The summed E-state index contributed by atoms with van der Waals surface area (Å²) in [4.78, 5) is 27.3. The average Bonchev–Trinajstić information content (AvgIpc) is 2.72. The largest absolute Gasteiger partial charge is 0.350 e. The molecule has 5 heteroatoms. The van der Waals surface area contributed by atoms with Crippen molar-refractivity contribution >= 4 is 17.5 Å². The quantitative estimate of drug-likeness (QED) is 0.837. The van der Waals surface area contributed by atoms with Crippen LogP contribution in [0.15, 0.2) is 48.5 Å². The minimum absolute atomic E-state index is 0.0295. The molecule has 0 bridgehead atoms. The van der Waals surface area contributed by atoms with Gasteiger partial charge in [-0.2, -0.15) is 0 Å². The molecular weight excluding hydrogens is 362 g/mol. The lowest BCUT2D eigenvalue weighted by Crippen LogP contribution is -2.50. The van der Waals surface area contributed by atoms with Crippen molar-refractivity contribution in [3.05, 3.63) is 65.2 Å². The molecule has 0 aromatic heterocycles. The maximum absolute atomic E-state index is 13.1. The van der Waals surface area contributed by atoms with E-state index in [-0.39, 0.29) is 29.8 Å². The van der Waals surface area contributed by atoms with Gasteiger partial charge in [-0.15, -0.1) is 0 Å². The molecular formula is C24H31N3O2. The lowest BCUT2D eigenvalue weighted by Gasteiger charge is -2.27. The van der Waals surface area contributed by atoms with Crippen LogP contribution in [0.4, 0.5) is 5.69 Å². The fourth-order valence-electron chi connectivity index (χ4n) is 3.94. The molecule has 1 aliphatic rings. The van der Waals surface area contributed by atoms with Gasteiger partial charge >= 0.3 is 0 Å². The number of hydrogen-bond donors (Lipinski definition) is 2. The fraction of sp³-hybridized carbons (Fsp3) is 0.417. The molecule has 1 aliphatic heterocycles. The van der Waals surface area contributed by atoms with Gasteiger partial charge in [-0.3, -0.25) is 9.59 Å². The first-order valence-electron chi connectivity index (χ1n) is 10.2. The molecule has 0 spiro atoms. The van der Waals surface area contributed by atoms with E-state index in [9.17, 15) is 9.59 Å². The lowest BCUT2D eigenvalue weighted by atomic mass is 9.86. The summed E-state index contributed by atoms with van der Waals surface area (Å²) in [6.45, 7) is 7.74. The number of nitrogens with one attached hydrogen (secondary N) is 1. The highest BCUT2D eigenvalue weighted by Gasteiger charge is 2.34. The van der Waals surface area contributed by atoms with Crippen molar-refractivity contribution in [2.75, 3.05) is 11.4 Å². The van der Waals surface area contributed by atoms with Crippen LogP contribution in [0.25, 0.3) is 0 Å². The third-order valence-electron chi connectivity index (χ3n) is 5.18. The number of carbonyl (C=O) groups excluding carboxylic acids is 2. The van der Waals surface area contributed by atoms with E-state index in [2.05, 4.69) is 29.6 Å². The first-order chi connectivity index (χ1) is 13.6. The van der Waals surface area contributed by atoms with Gasteiger partial charge in [0.05, 0.1) is 6.04 Å². The molecule has 0 radical (unpaired) electrons. The molecule has 0 saturated carbocycles. The Balaban J connectivity index is 1.98. The number of fused-ring (bicyclic) bond motifs is 1. The number of nitrogens with zero attached hydrogens (tertiary/aromatic N) is 1. The van der Waals surface area contributed by atoms with Crippen LogP contribution in [-0.4, -0.2) is 29.9 Å². The summed E-state index contributed by atoms with van der Waals surface area (Å²) in [5.74, 6) is -0.272. The molecule has 2 aromatic carbocycles. The van der Waals surface area contributed by atoms with Crippen LogP contribution >= 0.6 is 0 Å². The number of rotatable bonds is 4. The Morgan fingerprint density at radius 1 is 1.17 bits per heavy atom. The van der Waals surface area contributed by atoms with E-state index < -0.39 is 6.04 Å². The van der Waals surface area contributed by atoms with Crippen molar-refractivity contribution < 1.29 is 9.59 Å². The van der Waals surface area contributed by atoms with Gasteiger partial charge in [0.1, 0.15) is 6.54 Å². The van der Waals surface area contributed by atoms with Crippen molar-refractivity contribution in [1.29, 1.82) is 0 Å². The standard InChI is InChI=1S/C24H31N3O2/c1-16-10-11-19-18(13-17-8-6-5-7-9-17)14-20(25)23(29)27(21(19)12-16)15-22(28)26-24(2,3)4/h5-12,18,20H,13-15,25H2,1-4H3,(H,26,28). The van der Waals surface area contributed by atoms with Gasteiger partial charge in [0.2, 0.25) is 11.8 Å². The van der Waals surface area contributed by atoms with Crippen molar-refractivity contribution in [1.82, 2.24) is 5.32 Å². The molecule has 0 fully saturated rings. The second-order valence-electron chi connectivity index (χ2n) is 9.01. The van der Waals surface area contributed by atoms with Gasteiger partial charge in [0.15, 0.2) is 0 Å². The minimum Gasteiger partial charge on any atom is -0.350 e. The summed E-state index contributed by atoms with van der Waals surface area (Å²) in [6.07, 6.45) is 1.36. The normalized spacial score (nSPS) is 19.5. The maximum Gasteiger partial charge on any atom is 0.244 e. The van der Waals surface area contributed by atoms with Crippen molar-refractivity contribution in [3.8, 4) is 0 Å². The molecule has 0 aliphatic carbocycles.